The number of rotatable bonds is 2. The van der Waals surface area contributed by atoms with Gasteiger partial charge in [0.1, 0.15) is 0 Å². The summed E-state index contributed by atoms with van der Waals surface area (Å²) in [6.07, 6.45) is 2.80. The highest BCUT2D eigenvalue weighted by Gasteiger charge is 2.23. The van der Waals surface area contributed by atoms with Crippen LogP contribution >= 0.6 is 0 Å². The first-order chi connectivity index (χ1) is 6.36. The Morgan fingerprint density at radius 3 is 2.62 bits per heavy atom. The molecule has 1 atom stereocenters. The molecule has 2 heterocycles. The molecule has 3 heteroatoms. The van der Waals surface area contributed by atoms with Crippen molar-refractivity contribution in [3.05, 3.63) is 0 Å². The Balaban J connectivity index is 1.75. The van der Waals surface area contributed by atoms with Gasteiger partial charge in [-0.1, -0.05) is 0 Å². The molecule has 2 rings (SSSR count). The monoisotopic (exact) mass is 183 g/mol. The van der Waals surface area contributed by atoms with Gasteiger partial charge >= 0.3 is 0 Å². The molecule has 2 saturated heterocycles. The predicted molar refractivity (Wildman–Crippen MR) is 55.0 cm³/mol. The Bertz CT molecular complexity index is 154. The number of hydrogen-bond acceptors (Lipinski definition) is 3. The number of hydrogen-bond donors (Lipinski definition) is 1. The minimum absolute atomic E-state index is 0.832. The van der Waals surface area contributed by atoms with Crippen molar-refractivity contribution in [3.63, 3.8) is 0 Å². The SMILES string of the molecule is CN1CCCC1CN1CCNCC1. The van der Waals surface area contributed by atoms with Crippen molar-refractivity contribution in [2.24, 2.45) is 0 Å². The van der Waals surface area contributed by atoms with E-state index in [1.807, 2.05) is 0 Å². The standard InChI is InChI=1S/C10H21N3/c1-12-6-2-3-10(12)9-13-7-4-11-5-8-13/h10-11H,2-9H2,1H3. The van der Waals surface area contributed by atoms with Crippen LogP contribution in [0.1, 0.15) is 12.8 Å². The molecule has 0 saturated carbocycles. The fourth-order valence-corrected chi connectivity index (χ4v) is 2.40. The molecule has 0 spiro atoms. The molecule has 0 radical (unpaired) electrons. The Hall–Kier alpha value is -0.120. The van der Waals surface area contributed by atoms with Gasteiger partial charge in [-0.2, -0.15) is 0 Å². The van der Waals surface area contributed by atoms with Gasteiger partial charge < -0.3 is 10.2 Å². The second-order valence-electron chi connectivity index (χ2n) is 4.33. The van der Waals surface area contributed by atoms with Crippen LogP contribution in [0.5, 0.6) is 0 Å². The number of piperazine rings is 1. The van der Waals surface area contributed by atoms with Crippen molar-refractivity contribution in [3.8, 4) is 0 Å². The Morgan fingerprint density at radius 1 is 1.23 bits per heavy atom. The van der Waals surface area contributed by atoms with Crippen LogP contribution in [0.4, 0.5) is 0 Å². The molecule has 0 aromatic carbocycles. The highest BCUT2D eigenvalue weighted by Crippen LogP contribution is 2.15. The van der Waals surface area contributed by atoms with Crippen molar-refractivity contribution < 1.29 is 0 Å². The lowest BCUT2D eigenvalue weighted by Gasteiger charge is -2.31. The van der Waals surface area contributed by atoms with Crippen LogP contribution in [0.2, 0.25) is 0 Å². The zero-order valence-corrected chi connectivity index (χ0v) is 8.63. The van der Waals surface area contributed by atoms with Crippen LogP contribution in [0.25, 0.3) is 0 Å². The third kappa shape index (κ3) is 2.42. The topological polar surface area (TPSA) is 18.5 Å². The first-order valence-electron chi connectivity index (χ1n) is 5.49. The van der Waals surface area contributed by atoms with E-state index in [0.29, 0.717) is 0 Å². The smallest absolute Gasteiger partial charge is 0.0220 e. The lowest BCUT2D eigenvalue weighted by atomic mass is 10.2. The Labute approximate surface area is 81.1 Å². The number of likely N-dealkylation sites (tertiary alicyclic amines) is 1. The van der Waals surface area contributed by atoms with Crippen LogP contribution in [-0.2, 0) is 0 Å². The van der Waals surface area contributed by atoms with E-state index in [1.165, 1.54) is 52.1 Å². The summed E-state index contributed by atoms with van der Waals surface area (Å²) in [7, 11) is 2.26. The van der Waals surface area contributed by atoms with E-state index in [4.69, 9.17) is 0 Å². The van der Waals surface area contributed by atoms with E-state index in [9.17, 15) is 0 Å². The summed E-state index contributed by atoms with van der Waals surface area (Å²) in [6.45, 7) is 7.43. The van der Waals surface area contributed by atoms with Gasteiger partial charge in [0.15, 0.2) is 0 Å². The van der Waals surface area contributed by atoms with Crippen molar-refractivity contribution in [2.75, 3.05) is 46.3 Å². The average Bonchev–Trinajstić information content (AvgIpc) is 2.54. The van der Waals surface area contributed by atoms with Crippen molar-refractivity contribution in [1.29, 1.82) is 0 Å². The van der Waals surface area contributed by atoms with E-state index in [0.717, 1.165) is 6.04 Å². The van der Waals surface area contributed by atoms with Gasteiger partial charge in [-0.3, -0.25) is 4.90 Å². The maximum absolute atomic E-state index is 3.40. The number of nitrogens with zero attached hydrogens (tertiary/aromatic N) is 2. The van der Waals surface area contributed by atoms with Crippen molar-refractivity contribution in [2.45, 2.75) is 18.9 Å². The number of likely N-dealkylation sites (N-methyl/N-ethyl adjacent to an activating group) is 1. The number of nitrogens with one attached hydrogen (secondary N) is 1. The minimum Gasteiger partial charge on any atom is -0.314 e. The highest BCUT2D eigenvalue weighted by atomic mass is 15.2. The van der Waals surface area contributed by atoms with Crippen LogP contribution < -0.4 is 5.32 Å². The summed E-state index contributed by atoms with van der Waals surface area (Å²) < 4.78 is 0. The summed E-state index contributed by atoms with van der Waals surface area (Å²) in [5.41, 5.74) is 0. The second-order valence-corrected chi connectivity index (χ2v) is 4.33. The van der Waals surface area contributed by atoms with Gasteiger partial charge in [0.25, 0.3) is 0 Å². The van der Waals surface area contributed by atoms with Gasteiger partial charge in [0.05, 0.1) is 0 Å². The first-order valence-corrected chi connectivity index (χ1v) is 5.49. The van der Waals surface area contributed by atoms with E-state index in [-0.39, 0.29) is 0 Å². The molecular weight excluding hydrogens is 162 g/mol. The maximum atomic E-state index is 3.40. The Morgan fingerprint density at radius 2 is 2.00 bits per heavy atom. The molecule has 13 heavy (non-hydrogen) atoms. The zero-order valence-electron chi connectivity index (χ0n) is 8.63. The molecule has 1 unspecified atom stereocenters. The molecule has 0 aromatic heterocycles. The van der Waals surface area contributed by atoms with E-state index in [1.54, 1.807) is 0 Å². The summed E-state index contributed by atoms with van der Waals surface area (Å²) in [6, 6.07) is 0.832. The van der Waals surface area contributed by atoms with Crippen LogP contribution in [0.15, 0.2) is 0 Å². The lowest BCUT2D eigenvalue weighted by Crippen LogP contribution is -2.48. The van der Waals surface area contributed by atoms with Gasteiger partial charge in [-0.15, -0.1) is 0 Å². The molecule has 2 fully saturated rings. The largest absolute Gasteiger partial charge is 0.314 e. The molecule has 0 amide bonds. The molecule has 76 valence electrons. The van der Waals surface area contributed by atoms with Crippen LogP contribution in [0, 0.1) is 0 Å². The van der Waals surface area contributed by atoms with Crippen molar-refractivity contribution in [1.82, 2.24) is 15.1 Å². The van der Waals surface area contributed by atoms with Crippen molar-refractivity contribution >= 4 is 0 Å². The third-order valence-corrected chi connectivity index (χ3v) is 3.35. The molecule has 1 N–H and O–H groups in total. The Kier molecular flexibility index (Phi) is 3.19. The van der Waals surface area contributed by atoms with Crippen LogP contribution in [-0.4, -0.2) is 62.2 Å². The summed E-state index contributed by atoms with van der Waals surface area (Å²) >= 11 is 0. The fourth-order valence-electron chi connectivity index (χ4n) is 2.40. The van der Waals surface area contributed by atoms with E-state index >= 15 is 0 Å². The second kappa shape index (κ2) is 4.40. The van der Waals surface area contributed by atoms with Crippen LogP contribution in [0.3, 0.4) is 0 Å². The molecule has 2 aliphatic heterocycles. The molecule has 0 aliphatic carbocycles. The summed E-state index contributed by atoms with van der Waals surface area (Å²) in [5.74, 6) is 0. The normalized spacial score (nSPS) is 32.5. The zero-order chi connectivity index (χ0) is 9.10. The third-order valence-electron chi connectivity index (χ3n) is 3.35. The molecular formula is C10H21N3. The van der Waals surface area contributed by atoms with Gasteiger partial charge in [-0.05, 0) is 26.4 Å². The van der Waals surface area contributed by atoms with E-state index in [2.05, 4.69) is 22.2 Å². The first kappa shape index (κ1) is 9.44. The fraction of sp³-hybridized carbons (Fsp3) is 1.00. The van der Waals surface area contributed by atoms with Gasteiger partial charge in [-0.25, -0.2) is 0 Å². The lowest BCUT2D eigenvalue weighted by molar-refractivity contribution is 0.177. The van der Waals surface area contributed by atoms with E-state index < -0.39 is 0 Å². The van der Waals surface area contributed by atoms with Gasteiger partial charge in [0.2, 0.25) is 0 Å². The minimum atomic E-state index is 0.832. The highest BCUT2D eigenvalue weighted by molar-refractivity contribution is 4.81. The molecule has 0 aromatic rings. The summed E-state index contributed by atoms with van der Waals surface area (Å²) in [5, 5.41) is 3.40. The molecule has 0 bridgehead atoms. The predicted octanol–water partition coefficient (Wildman–Crippen LogP) is -0.0142. The quantitative estimate of drug-likeness (QED) is 0.649. The molecule has 3 nitrogen and oxygen atoms in total. The summed E-state index contributed by atoms with van der Waals surface area (Å²) in [4.78, 5) is 5.12. The average molecular weight is 183 g/mol. The molecule has 2 aliphatic rings. The van der Waals surface area contributed by atoms with Gasteiger partial charge in [0, 0.05) is 38.8 Å². The maximum Gasteiger partial charge on any atom is 0.0220 e.